The number of aliphatic hydroxyl groups excluding tert-OH is 1. The summed E-state index contributed by atoms with van der Waals surface area (Å²) in [4.78, 5) is 0. The van der Waals surface area contributed by atoms with E-state index >= 15 is 0 Å². The van der Waals surface area contributed by atoms with Crippen molar-refractivity contribution in [2.75, 3.05) is 19.7 Å². The van der Waals surface area contributed by atoms with Crippen LogP contribution >= 0.6 is 0 Å². The first kappa shape index (κ1) is 11.9. The molecule has 1 rings (SSSR count). The summed E-state index contributed by atoms with van der Waals surface area (Å²) in [5.41, 5.74) is 0. The lowest BCUT2D eigenvalue weighted by atomic mass is 10.0. The fourth-order valence-corrected chi connectivity index (χ4v) is 3.01. The highest BCUT2D eigenvalue weighted by atomic mass is 32.2. The van der Waals surface area contributed by atoms with Gasteiger partial charge in [-0.25, -0.2) is 12.7 Å². The maximum Gasteiger partial charge on any atom is 0.218 e. The first-order valence-corrected chi connectivity index (χ1v) is 6.58. The minimum Gasteiger partial charge on any atom is -0.395 e. The van der Waals surface area contributed by atoms with Gasteiger partial charge in [-0.2, -0.15) is 0 Å². The molecule has 0 radical (unpaired) electrons. The SMILES string of the molecule is CC1CCN(S(=O)(=O)C(C)CO)CC1. The number of nitrogens with zero attached hydrogens (tertiary/aromatic N) is 1. The van der Waals surface area contributed by atoms with Gasteiger partial charge in [0.1, 0.15) is 0 Å². The van der Waals surface area contributed by atoms with Crippen LogP contribution in [0.2, 0.25) is 0 Å². The molecule has 0 spiro atoms. The van der Waals surface area contributed by atoms with E-state index in [1.54, 1.807) is 6.92 Å². The second-order valence-electron chi connectivity index (χ2n) is 4.12. The zero-order chi connectivity index (χ0) is 10.8. The quantitative estimate of drug-likeness (QED) is 0.752. The number of rotatable bonds is 3. The summed E-state index contributed by atoms with van der Waals surface area (Å²) in [7, 11) is -3.25. The van der Waals surface area contributed by atoms with E-state index in [0.717, 1.165) is 12.8 Å². The first-order valence-electron chi connectivity index (χ1n) is 5.08. The summed E-state index contributed by atoms with van der Waals surface area (Å²) < 4.78 is 25.1. The topological polar surface area (TPSA) is 57.6 Å². The highest BCUT2D eigenvalue weighted by Crippen LogP contribution is 2.20. The zero-order valence-corrected chi connectivity index (χ0v) is 9.63. The summed E-state index contributed by atoms with van der Waals surface area (Å²) in [5.74, 6) is 0.617. The molecule has 1 aliphatic heterocycles. The van der Waals surface area contributed by atoms with Gasteiger partial charge < -0.3 is 5.11 Å². The highest BCUT2D eigenvalue weighted by Gasteiger charge is 2.30. The van der Waals surface area contributed by atoms with Crippen molar-refractivity contribution in [2.45, 2.75) is 31.9 Å². The van der Waals surface area contributed by atoms with E-state index < -0.39 is 15.3 Å². The number of piperidine rings is 1. The lowest BCUT2D eigenvalue weighted by Gasteiger charge is -2.31. The second kappa shape index (κ2) is 4.59. The maximum atomic E-state index is 11.8. The number of sulfonamides is 1. The first-order chi connectivity index (χ1) is 6.48. The number of aliphatic hydroxyl groups is 1. The Morgan fingerprint density at radius 1 is 1.43 bits per heavy atom. The molecule has 1 atom stereocenters. The van der Waals surface area contributed by atoms with E-state index in [1.165, 1.54) is 4.31 Å². The van der Waals surface area contributed by atoms with Crippen molar-refractivity contribution in [1.29, 1.82) is 0 Å². The molecule has 0 bridgehead atoms. The second-order valence-corrected chi connectivity index (χ2v) is 6.47. The van der Waals surface area contributed by atoms with Crippen molar-refractivity contribution in [3.63, 3.8) is 0 Å². The summed E-state index contributed by atoms with van der Waals surface area (Å²) in [5, 5.41) is 8.18. The smallest absolute Gasteiger partial charge is 0.218 e. The van der Waals surface area contributed by atoms with Crippen LogP contribution < -0.4 is 0 Å². The van der Waals surface area contributed by atoms with Gasteiger partial charge in [0.2, 0.25) is 10.0 Å². The average Bonchev–Trinajstić information content (AvgIpc) is 2.17. The van der Waals surface area contributed by atoms with Gasteiger partial charge in [-0.1, -0.05) is 6.92 Å². The molecule has 1 heterocycles. The van der Waals surface area contributed by atoms with Gasteiger partial charge in [-0.05, 0) is 25.7 Å². The van der Waals surface area contributed by atoms with Crippen LogP contribution in [-0.2, 0) is 10.0 Å². The van der Waals surface area contributed by atoms with Gasteiger partial charge in [-0.15, -0.1) is 0 Å². The number of hydrogen-bond donors (Lipinski definition) is 1. The molecule has 0 amide bonds. The highest BCUT2D eigenvalue weighted by molar-refractivity contribution is 7.89. The van der Waals surface area contributed by atoms with Gasteiger partial charge in [0.05, 0.1) is 11.9 Å². The van der Waals surface area contributed by atoms with Crippen LogP contribution in [0.5, 0.6) is 0 Å². The monoisotopic (exact) mass is 221 g/mol. The minimum atomic E-state index is -3.25. The summed E-state index contributed by atoms with van der Waals surface area (Å²) in [6.45, 7) is 4.60. The van der Waals surface area contributed by atoms with Gasteiger partial charge in [0, 0.05) is 13.1 Å². The molecule has 0 aromatic heterocycles. The van der Waals surface area contributed by atoms with Crippen molar-refractivity contribution in [3.8, 4) is 0 Å². The largest absolute Gasteiger partial charge is 0.395 e. The van der Waals surface area contributed by atoms with Crippen LogP contribution in [0.15, 0.2) is 0 Å². The molecule has 5 heteroatoms. The Morgan fingerprint density at radius 2 is 1.93 bits per heavy atom. The van der Waals surface area contributed by atoms with Gasteiger partial charge in [0.25, 0.3) is 0 Å². The molecule has 0 aromatic carbocycles. The molecule has 1 fully saturated rings. The molecule has 14 heavy (non-hydrogen) atoms. The Balaban J connectivity index is 2.65. The van der Waals surface area contributed by atoms with Crippen LogP contribution in [0.25, 0.3) is 0 Å². The van der Waals surface area contributed by atoms with E-state index in [0.29, 0.717) is 19.0 Å². The number of hydrogen-bond acceptors (Lipinski definition) is 3. The Hall–Kier alpha value is -0.130. The minimum absolute atomic E-state index is 0.297. The molecular weight excluding hydrogens is 202 g/mol. The molecule has 1 unspecified atom stereocenters. The Bertz CT molecular complexity index is 268. The third kappa shape index (κ3) is 2.46. The fourth-order valence-electron chi connectivity index (χ4n) is 1.59. The molecule has 1 saturated heterocycles. The van der Waals surface area contributed by atoms with Crippen molar-refractivity contribution in [3.05, 3.63) is 0 Å². The van der Waals surface area contributed by atoms with E-state index in [2.05, 4.69) is 6.92 Å². The molecule has 84 valence electrons. The van der Waals surface area contributed by atoms with E-state index in [4.69, 9.17) is 5.11 Å². The lowest BCUT2D eigenvalue weighted by molar-refractivity contribution is 0.266. The standard InChI is InChI=1S/C9H19NO3S/c1-8-3-5-10(6-4-8)14(12,13)9(2)7-11/h8-9,11H,3-7H2,1-2H3. The van der Waals surface area contributed by atoms with Crippen LogP contribution in [0.3, 0.4) is 0 Å². The van der Waals surface area contributed by atoms with E-state index in [1.807, 2.05) is 0 Å². The van der Waals surface area contributed by atoms with E-state index in [9.17, 15) is 8.42 Å². The molecule has 0 saturated carbocycles. The molecular formula is C9H19NO3S. The van der Waals surface area contributed by atoms with Crippen LogP contribution in [0.4, 0.5) is 0 Å². The van der Waals surface area contributed by atoms with Crippen LogP contribution in [0.1, 0.15) is 26.7 Å². The lowest BCUT2D eigenvalue weighted by Crippen LogP contribution is -2.43. The predicted octanol–water partition coefficient (Wildman–Crippen LogP) is 0.429. The molecule has 0 aromatic rings. The third-order valence-corrected chi connectivity index (χ3v) is 5.12. The van der Waals surface area contributed by atoms with Crippen LogP contribution in [-0.4, -0.2) is 42.8 Å². The van der Waals surface area contributed by atoms with Crippen LogP contribution in [0, 0.1) is 5.92 Å². The maximum absolute atomic E-state index is 11.8. The van der Waals surface area contributed by atoms with Gasteiger partial charge in [0.15, 0.2) is 0 Å². The van der Waals surface area contributed by atoms with Crippen molar-refractivity contribution >= 4 is 10.0 Å². The Kier molecular flexibility index (Phi) is 3.92. The van der Waals surface area contributed by atoms with Gasteiger partial charge >= 0.3 is 0 Å². The predicted molar refractivity (Wildman–Crippen MR) is 55.4 cm³/mol. The Labute approximate surface area is 86.0 Å². The molecule has 4 nitrogen and oxygen atoms in total. The summed E-state index contributed by atoms with van der Waals surface area (Å²) in [6, 6.07) is 0. The molecule has 1 aliphatic rings. The Morgan fingerprint density at radius 3 is 2.36 bits per heavy atom. The van der Waals surface area contributed by atoms with Crippen molar-refractivity contribution in [1.82, 2.24) is 4.31 Å². The normalized spacial score (nSPS) is 23.6. The summed E-state index contributed by atoms with van der Waals surface area (Å²) in [6.07, 6.45) is 1.86. The van der Waals surface area contributed by atoms with E-state index in [-0.39, 0.29) is 6.61 Å². The average molecular weight is 221 g/mol. The third-order valence-electron chi connectivity index (χ3n) is 2.87. The van der Waals surface area contributed by atoms with Crippen molar-refractivity contribution in [2.24, 2.45) is 5.92 Å². The molecule has 0 aliphatic carbocycles. The van der Waals surface area contributed by atoms with Gasteiger partial charge in [-0.3, -0.25) is 0 Å². The van der Waals surface area contributed by atoms with Crippen molar-refractivity contribution < 1.29 is 13.5 Å². The summed E-state index contributed by atoms with van der Waals surface area (Å²) >= 11 is 0. The molecule has 1 N–H and O–H groups in total. The fraction of sp³-hybridized carbons (Fsp3) is 1.00. The zero-order valence-electron chi connectivity index (χ0n) is 8.81.